The Morgan fingerprint density at radius 2 is 2.07 bits per heavy atom. The number of nitrogen functional groups attached to an aromatic ring is 1. The third-order valence-corrected chi connectivity index (χ3v) is 4.33. The molecule has 1 aliphatic rings. The fourth-order valence-electron chi connectivity index (χ4n) is 3.05. The standard InChI is InChI=1S/C18H17N5O4/c19-18-21-16-15(17(26)22-18)20-13(7-6-10-4-2-1-3-5-10)23(16)14-8-11(25)12(9-24)27-14/h1-5,11-12,14,24-25H,8-9H2,(H3,19,21,22,26)/t11-,12+,14+/m0/s1. The molecule has 0 spiro atoms. The van der Waals surface area contributed by atoms with Gasteiger partial charge >= 0.3 is 0 Å². The summed E-state index contributed by atoms with van der Waals surface area (Å²) >= 11 is 0. The molecule has 0 amide bonds. The number of hydrogen-bond donors (Lipinski definition) is 4. The summed E-state index contributed by atoms with van der Waals surface area (Å²) in [4.78, 5) is 23.1. The third-order valence-electron chi connectivity index (χ3n) is 4.33. The van der Waals surface area contributed by atoms with Crippen LogP contribution in [-0.4, -0.2) is 48.5 Å². The number of fused-ring (bicyclic) bond motifs is 1. The summed E-state index contributed by atoms with van der Waals surface area (Å²) in [6.07, 6.45) is -2.07. The van der Waals surface area contributed by atoms with Crippen LogP contribution in [0.1, 0.15) is 24.0 Å². The topological polar surface area (TPSA) is 139 Å². The lowest BCUT2D eigenvalue weighted by molar-refractivity contribution is -0.0434. The molecule has 9 nitrogen and oxygen atoms in total. The van der Waals surface area contributed by atoms with E-state index in [4.69, 9.17) is 10.5 Å². The number of ether oxygens (including phenoxy) is 1. The molecule has 1 fully saturated rings. The molecule has 3 atom stereocenters. The average molecular weight is 367 g/mol. The minimum absolute atomic E-state index is 0.0616. The highest BCUT2D eigenvalue weighted by Gasteiger charge is 2.36. The number of H-pyrrole nitrogens is 1. The van der Waals surface area contributed by atoms with E-state index in [0.29, 0.717) is 0 Å². The maximum absolute atomic E-state index is 12.2. The van der Waals surface area contributed by atoms with Crippen LogP contribution in [0, 0.1) is 11.8 Å². The zero-order valence-electron chi connectivity index (χ0n) is 14.2. The molecule has 1 aliphatic heterocycles. The quantitative estimate of drug-likeness (QED) is 0.458. The molecule has 0 saturated carbocycles. The number of aliphatic hydroxyl groups excluding tert-OH is 2. The van der Waals surface area contributed by atoms with Gasteiger partial charge in [-0.3, -0.25) is 14.3 Å². The number of nitrogens with two attached hydrogens (primary N) is 1. The summed E-state index contributed by atoms with van der Waals surface area (Å²) < 4.78 is 7.25. The highest BCUT2D eigenvalue weighted by Crippen LogP contribution is 2.31. The van der Waals surface area contributed by atoms with Crippen molar-refractivity contribution in [2.45, 2.75) is 24.9 Å². The normalized spacial score (nSPS) is 21.9. The fraction of sp³-hybridized carbons (Fsp3) is 0.278. The molecule has 3 heterocycles. The predicted molar refractivity (Wildman–Crippen MR) is 96.6 cm³/mol. The number of aromatic amines is 1. The van der Waals surface area contributed by atoms with E-state index in [2.05, 4.69) is 26.8 Å². The van der Waals surface area contributed by atoms with Crippen LogP contribution in [0.3, 0.4) is 0 Å². The number of benzene rings is 1. The first-order valence-electron chi connectivity index (χ1n) is 8.36. The van der Waals surface area contributed by atoms with E-state index in [1.54, 1.807) is 0 Å². The van der Waals surface area contributed by atoms with Gasteiger partial charge in [0.25, 0.3) is 5.56 Å². The van der Waals surface area contributed by atoms with Gasteiger partial charge in [-0.15, -0.1) is 0 Å². The van der Waals surface area contributed by atoms with Crippen LogP contribution < -0.4 is 11.3 Å². The van der Waals surface area contributed by atoms with Gasteiger partial charge in [0.15, 0.2) is 17.0 Å². The predicted octanol–water partition coefficient (Wildman–Crippen LogP) is -0.258. The first-order valence-corrected chi connectivity index (χ1v) is 8.36. The Morgan fingerprint density at radius 3 is 2.78 bits per heavy atom. The Morgan fingerprint density at radius 1 is 1.30 bits per heavy atom. The molecule has 0 unspecified atom stereocenters. The van der Waals surface area contributed by atoms with Gasteiger partial charge in [0.1, 0.15) is 12.3 Å². The SMILES string of the molecule is Nc1nc2c(nc(C#Cc3ccccc3)n2[C@H]2C[C@H](O)[C@@H](CO)O2)c(=O)[nH]1. The van der Waals surface area contributed by atoms with Crippen molar-refractivity contribution in [3.63, 3.8) is 0 Å². The second-order valence-corrected chi connectivity index (χ2v) is 6.16. The van der Waals surface area contributed by atoms with E-state index in [9.17, 15) is 15.0 Å². The van der Waals surface area contributed by atoms with Crippen LogP contribution in [0.5, 0.6) is 0 Å². The van der Waals surface area contributed by atoms with Gasteiger partial charge in [0.05, 0.1) is 12.7 Å². The molecular formula is C18H17N5O4. The molecule has 1 aromatic carbocycles. The molecule has 0 bridgehead atoms. The lowest BCUT2D eigenvalue weighted by Gasteiger charge is -2.14. The first kappa shape index (κ1) is 17.2. The average Bonchev–Trinajstić information content (AvgIpc) is 3.20. The molecule has 9 heteroatoms. The summed E-state index contributed by atoms with van der Waals surface area (Å²) in [5.74, 6) is 6.11. The molecule has 4 rings (SSSR count). The van der Waals surface area contributed by atoms with Gasteiger partial charge in [-0.2, -0.15) is 4.98 Å². The Hall–Kier alpha value is -3.19. The number of aromatic nitrogens is 4. The van der Waals surface area contributed by atoms with Crippen LogP contribution in [0.4, 0.5) is 5.95 Å². The molecular weight excluding hydrogens is 350 g/mol. The van der Waals surface area contributed by atoms with Gasteiger partial charge in [-0.05, 0) is 18.1 Å². The largest absolute Gasteiger partial charge is 0.394 e. The van der Waals surface area contributed by atoms with Crippen molar-refractivity contribution >= 4 is 17.1 Å². The monoisotopic (exact) mass is 367 g/mol. The molecule has 2 aromatic heterocycles. The van der Waals surface area contributed by atoms with Crippen molar-refractivity contribution in [1.29, 1.82) is 0 Å². The minimum atomic E-state index is -0.855. The Balaban J connectivity index is 1.87. The summed E-state index contributed by atoms with van der Waals surface area (Å²) in [6, 6.07) is 9.31. The van der Waals surface area contributed by atoms with Gasteiger partial charge in [0, 0.05) is 12.0 Å². The fourth-order valence-corrected chi connectivity index (χ4v) is 3.05. The van der Waals surface area contributed by atoms with E-state index in [1.807, 2.05) is 30.3 Å². The van der Waals surface area contributed by atoms with Crippen LogP contribution >= 0.6 is 0 Å². The summed E-state index contributed by atoms with van der Waals surface area (Å²) in [6.45, 7) is -0.328. The van der Waals surface area contributed by atoms with E-state index >= 15 is 0 Å². The molecule has 3 aromatic rings. The summed E-state index contributed by atoms with van der Waals surface area (Å²) in [7, 11) is 0. The second kappa shape index (κ2) is 6.85. The van der Waals surface area contributed by atoms with Crippen LogP contribution in [0.2, 0.25) is 0 Å². The smallest absolute Gasteiger partial charge is 0.280 e. The summed E-state index contributed by atoms with van der Waals surface area (Å²) in [5.41, 5.74) is 6.25. The number of rotatable bonds is 2. The number of anilines is 1. The van der Waals surface area contributed by atoms with E-state index < -0.39 is 24.0 Å². The molecule has 5 N–H and O–H groups in total. The van der Waals surface area contributed by atoms with Crippen molar-refractivity contribution in [3.8, 4) is 11.8 Å². The van der Waals surface area contributed by atoms with Crippen molar-refractivity contribution in [1.82, 2.24) is 19.5 Å². The lowest BCUT2D eigenvalue weighted by atomic mass is 10.2. The highest BCUT2D eigenvalue weighted by molar-refractivity contribution is 5.72. The van der Waals surface area contributed by atoms with Gasteiger partial charge < -0.3 is 20.7 Å². The number of nitrogens with one attached hydrogen (secondary N) is 1. The van der Waals surface area contributed by atoms with Crippen molar-refractivity contribution < 1.29 is 14.9 Å². The minimum Gasteiger partial charge on any atom is -0.394 e. The van der Waals surface area contributed by atoms with Crippen molar-refractivity contribution in [2.24, 2.45) is 0 Å². The zero-order chi connectivity index (χ0) is 19.0. The Bertz CT molecular complexity index is 1100. The van der Waals surface area contributed by atoms with Crippen LogP contribution in [0.25, 0.3) is 11.2 Å². The van der Waals surface area contributed by atoms with E-state index in [1.165, 1.54) is 4.57 Å². The third kappa shape index (κ3) is 3.17. The van der Waals surface area contributed by atoms with Crippen molar-refractivity contribution in [2.75, 3.05) is 12.3 Å². The maximum atomic E-state index is 12.2. The first-order chi connectivity index (χ1) is 13.1. The van der Waals surface area contributed by atoms with E-state index in [0.717, 1.165) is 5.56 Å². The van der Waals surface area contributed by atoms with Crippen LogP contribution in [0.15, 0.2) is 35.1 Å². The number of imidazole rings is 1. The Kier molecular flexibility index (Phi) is 4.37. The second-order valence-electron chi connectivity index (χ2n) is 6.16. The van der Waals surface area contributed by atoms with Gasteiger partial charge in [0.2, 0.25) is 5.95 Å². The van der Waals surface area contributed by atoms with Crippen molar-refractivity contribution in [3.05, 3.63) is 52.1 Å². The lowest BCUT2D eigenvalue weighted by Crippen LogP contribution is -2.24. The molecule has 27 heavy (non-hydrogen) atoms. The van der Waals surface area contributed by atoms with Gasteiger partial charge in [-0.25, -0.2) is 4.98 Å². The van der Waals surface area contributed by atoms with Crippen LogP contribution in [-0.2, 0) is 4.74 Å². The summed E-state index contributed by atoms with van der Waals surface area (Å²) in [5, 5.41) is 19.4. The number of hydrogen-bond acceptors (Lipinski definition) is 7. The van der Waals surface area contributed by atoms with Gasteiger partial charge in [-0.1, -0.05) is 24.1 Å². The van der Waals surface area contributed by atoms with E-state index in [-0.39, 0.29) is 36.0 Å². The zero-order valence-corrected chi connectivity index (χ0v) is 14.2. The molecule has 138 valence electrons. The Labute approximate surface area is 153 Å². The highest BCUT2D eigenvalue weighted by atomic mass is 16.5. The number of nitrogens with zero attached hydrogens (tertiary/aromatic N) is 3. The molecule has 1 saturated heterocycles. The molecule has 0 radical (unpaired) electrons. The molecule has 0 aliphatic carbocycles. The number of aliphatic hydroxyl groups is 2. The maximum Gasteiger partial charge on any atom is 0.280 e.